The van der Waals surface area contributed by atoms with Crippen molar-refractivity contribution in [3.63, 3.8) is 0 Å². The quantitative estimate of drug-likeness (QED) is 0.874. The van der Waals surface area contributed by atoms with Gasteiger partial charge in [0.25, 0.3) is 0 Å². The van der Waals surface area contributed by atoms with Gasteiger partial charge in [0.1, 0.15) is 17.7 Å². The summed E-state index contributed by atoms with van der Waals surface area (Å²) in [5.74, 6) is 1.99. The van der Waals surface area contributed by atoms with Crippen LogP contribution in [0.1, 0.15) is 25.0 Å². The molecule has 4 N–H and O–H groups in total. The monoisotopic (exact) mass is 327 g/mol. The molecule has 0 bridgehead atoms. The number of anilines is 2. The van der Waals surface area contributed by atoms with E-state index in [-0.39, 0.29) is 6.10 Å². The van der Waals surface area contributed by atoms with Crippen LogP contribution in [0.5, 0.6) is 5.75 Å². The van der Waals surface area contributed by atoms with Crippen LogP contribution >= 0.6 is 0 Å². The van der Waals surface area contributed by atoms with Crippen molar-refractivity contribution in [1.82, 2.24) is 9.97 Å². The van der Waals surface area contributed by atoms with E-state index >= 15 is 0 Å². The predicted molar refractivity (Wildman–Crippen MR) is 97.4 cm³/mol. The van der Waals surface area contributed by atoms with Crippen molar-refractivity contribution < 1.29 is 4.74 Å². The molecule has 0 amide bonds. The van der Waals surface area contributed by atoms with Crippen molar-refractivity contribution in [3.8, 4) is 17.0 Å². The molecule has 0 unspecified atom stereocenters. The van der Waals surface area contributed by atoms with E-state index in [9.17, 15) is 0 Å². The molecule has 6 nitrogen and oxygen atoms in total. The topological polar surface area (TPSA) is 90.3 Å². The van der Waals surface area contributed by atoms with Crippen LogP contribution in [0, 0.1) is 6.92 Å². The standard InChI is InChI=1S/C18H25N5O/c1-4-23(5-2)18-21-15(9-16(20)22-18)14-7-11(3)6-12-8-13(10-19)24-17(12)14/h6-7,9,13H,4-5,8,10,19H2,1-3H3,(H2,20,21,22)/t13-/m0/s1. The van der Waals surface area contributed by atoms with Crippen LogP contribution in [0.25, 0.3) is 11.3 Å². The average molecular weight is 327 g/mol. The third kappa shape index (κ3) is 3.01. The molecule has 1 aromatic carbocycles. The van der Waals surface area contributed by atoms with Crippen molar-refractivity contribution in [3.05, 3.63) is 29.3 Å². The zero-order chi connectivity index (χ0) is 17.3. The summed E-state index contributed by atoms with van der Waals surface area (Å²) in [6.07, 6.45) is 0.867. The summed E-state index contributed by atoms with van der Waals surface area (Å²) < 4.78 is 6.05. The maximum atomic E-state index is 6.05. The van der Waals surface area contributed by atoms with Crippen LogP contribution in [0.4, 0.5) is 11.8 Å². The minimum atomic E-state index is 0.0296. The molecule has 3 rings (SSSR count). The molecule has 1 aromatic heterocycles. The summed E-state index contributed by atoms with van der Waals surface area (Å²) in [5.41, 5.74) is 15.9. The van der Waals surface area contributed by atoms with Gasteiger partial charge in [-0.1, -0.05) is 6.07 Å². The lowest BCUT2D eigenvalue weighted by molar-refractivity contribution is 0.242. The number of hydrogen-bond acceptors (Lipinski definition) is 6. The molecule has 0 radical (unpaired) electrons. The number of nitrogen functional groups attached to an aromatic ring is 1. The first-order chi connectivity index (χ1) is 11.5. The smallest absolute Gasteiger partial charge is 0.227 e. The second-order valence-corrected chi connectivity index (χ2v) is 6.13. The van der Waals surface area contributed by atoms with Gasteiger partial charge in [0.2, 0.25) is 5.95 Å². The van der Waals surface area contributed by atoms with E-state index < -0.39 is 0 Å². The summed E-state index contributed by atoms with van der Waals surface area (Å²) in [7, 11) is 0. The normalized spacial score (nSPS) is 15.9. The first kappa shape index (κ1) is 16.5. The molecule has 0 fully saturated rings. The fourth-order valence-corrected chi connectivity index (χ4v) is 3.15. The summed E-state index contributed by atoms with van der Waals surface area (Å²) in [5, 5.41) is 0. The third-order valence-electron chi connectivity index (χ3n) is 4.36. The lowest BCUT2D eigenvalue weighted by Gasteiger charge is -2.20. The van der Waals surface area contributed by atoms with Gasteiger partial charge in [0.05, 0.1) is 5.69 Å². The fraction of sp³-hybridized carbons (Fsp3) is 0.444. The Labute approximate surface area is 142 Å². The Balaban J connectivity index is 2.10. The maximum Gasteiger partial charge on any atom is 0.227 e. The summed E-state index contributed by atoms with van der Waals surface area (Å²) in [6.45, 7) is 8.40. The van der Waals surface area contributed by atoms with Crippen LogP contribution in [0.2, 0.25) is 0 Å². The summed E-state index contributed by atoms with van der Waals surface area (Å²) in [4.78, 5) is 11.2. The van der Waals surface area contributed by atoms with Crippen LogP contribution in [-0.2, 0) is 6.42 Å². The Hall–Kier alpha value is -2.34. The zero-order valence-electron chi connectivity index (χ0n) is 14.5. The Morgan fingerprint density at radius 3 is 2.62 bits per heavy atom. The number of benzene rings is 1. The van der Waals surface area contributed by atoms with Crippen LogP contribution in [0.3, 0.4) is 0 Å². The van der Waals surface area contributed by atoms with Gasteiger partial charge in [-0.3, -0.25) is 0 Å². The minimum absolute atomic E-state index is 0.0296. The Kier molecular flexibility index (Phi) is 4.57. The van der Waals surface area contributed by atoms with E-state index in [4.69, 9.17) is 21.2 Å². The molecular weight excluding hydrogens is 302 g/mol. The molecule has 2 heterocycles. The van der Waals surface area contributed by atoms with Gasteiger partial charge < -0.3 is 21.1 Å². The average Bonchev–Trinajstić information content (AvgIpc) is 2.97. The fourth-order valence-electron chi connectivity index (χ4n) is 3.15. The molecule has 0 saturated carbocycles. The number of nitrogens with zero attached hydrogens (tertiary/aromatic N) is 3. The summed E-state index contributed by atoms with van der Waals surface area (Å²) >= 11 is 0. The Morgan fingerprint density at radius 2 is 1.96 bits per heavy atom. The number of fused-ring (bicyclic) bond motifs is 1. The van der Waals surface area contributed by atoms with E-state index in [1.54, 1.807) is 6.07 Å². The van der Waals surface area contributed by atoms with Gasteiger partial charge in [-0.25, -0.2) is 4.98 Å². The van der Waals surface area contributed by atoms with Gasteiger partial charge in [0.15, 0.2) is 0 Å². The number of rotatable bonds is 5. The molecule has 0 saturated heterocycles. The number of nitrogens with two attached hydrogens (primary N) is 2. The summed E-state index contributed by atoms with van der Waals surface area (Å²) in [6, 6.07) is 6.05. The minimum Gasteiger partial charge on any atom is -0.488 e. The number of ether oxygens (including phenoxy) is 1. The van der Waals surface area contributed by atoms with Crippen molar-refractivity contribution in [2.24, 2.45) is 5.73 Å². The molecule has 2 aromatic rings. The zero-order valence-corrected chi connectivity index (χ0v) is 14.5. The van der Waals surface area contributed by atoms with E-state index in [0.29, 0.717) is 18.3 Å². The molecular formula is C18H25N5O. The van der Waals surface area contributed by atoms with Gasteiger partial charge >= 0.3 is 0 Å². The van der Waals surface area contributed by atoms with Crippen molar-refractivity contribution in [2.75, 3.05) is 30.3 Å². The van der Waals surface area contributed by atoms with Crippen LogP contribution in [-0.4, -0.2) is 35.7 Å². The molecule has 0 spiro atoms. The van der Waals surface area contributed by atoms with E-state index in [1.807, 2.05) is 0 Å². The van der Waals surface area contributed by atoms with Gasteiger partial charge in [0, 0.05) is 37.7 Å². The molecule has 0 aliphatic carbocycles. The molecule has 24 heavy (non-hydrogen) atoms. The second kappa shape index (κ2) is 6.65. The first-order valence-electron chi connectivity index (χ1n) is 8.45. The highest BCUT2D eigenvalue weighted by Gasteiger charge is 2.26. The first-order valence-corrected chi connectivity index (χ1v) is 8.45. The van der Waals surface area contributed by atoms with E-state index in [1.165, 1.54) is 11.1 Å². The Bertz CT molecular complexity index is 742. The van der Waals surface area contributed by atoms with Crippen molar-refractivity contribution in [2.45, 2.75) is 33.3 Å². The number of hydrogen-bond donors (Lipinski definition) is 2. The molecule has 1 atom stereocenters. The highest BCUT2D eigenvalue weighted by Crippen LogP contribution is 2.39. The van der Waals surface area contributed by atoms with E-state index in [0.717, 1.165) is 36.5 Å². The number of aryl methyl sites for hydroxylation is 1. The number of aromatic nitrogens is 2. The predicted octanol–water partition coefficient (Wildman–Crippen LogP) is 2.14. The third-order valence-corrected chi connectivity index (χ3v) is 4.36. The van der Waals surface area contributed by atoms with Crippen molar-refractivity contribution in [1.29, 1.82) is 0 Å². The highest BCUT2D eigenvalue weighted by molar-refractivity contribution is 5.73. The van der Waals surface area contributed by atoms with E-state index in [2.05, 4.69) is 42.8 Å². The lowest BCUT2D eigenvalue weighted by Crippen LogP contribution is -2.25. The largest absolute Gasteiger partial charge is 0.488 e. The second-order valence-electron chi connectivity index (χ2n) is 6.13. The molecule has 6 heteroatoms. The van der Waals surface area contributed by atoms with Crippen LogP contribution < -0.4 is 21.1 Å². The Morgan fingerprint density at radius 1 is 1.21 bits per heavy atom. The van der Waals surface area contributed by atoms with Gasteiger partial charge in [-0.15, -0.1) is 0 Å². The molecule has 128 valence electrons. The van der Waals surface area contributed by atoms with Crippen LogP contribution in [0.15, 0.2) is 18.2 Å². The van der Waals surface area contributed by atoms with Gasteiger partial charge in [-0.2, -0.15) is 4.98 Å². The highest BCUT2D eigenvalue weighted by atomic mass is 16.5. The SMILES string of the molecule is CCN(CC)c1nc(N)cc(-c2cc(C)cc3c2O[C@H](CN)C3)n1. The molecule has 1 aliphatic rings. The van der Waals surface area contributed by atoms with Gasteiger partial charge in [-0.05, 0) is 38.0 Å². The maximum absolute atomic E-state index is 6.05. The van der Waals surface area contributed by atoms with Crippen molar-refractivity contribution >= 4 is 11.8 Å². The molecule has 1 aliphatic heterocycles. The lowest BCUT2D eigenvalue weighted by atomic mass is 10.0.